The molecule has 2 unspecified atom stereocenters. The number of ketones is 1. The molecule has 1 aliphatic carbocycles. The van der Waals surface area contributed by atoms with Gasteiger partial charge in [0.2, 0.25) is 5.78 Å². The number of carbonyl (C=O) groups excluding carboxylic acids is 2. The topological polar surface area (TPSA) is 43.4 Å². The molecule has 6 heteroatoms. The van der Waals surface area contributed by atoms with E-state index in [2.05, 4.69) is 11.3 Å². The summed E-state index contributed by atoms with van der Waals surface area (Å²) < 4.78 is 42.0. The van der Waals surface area contributed by atoms with E-state index < -0.39 is 36.4 Å². The molecule has 14 heavy (non-hydrogen) atoms. The summed E-state index contributed by atoms with van der Waals surface area (Å²) in [6, 6.07) is 0. The Morgan fingerprint density at radius 2 is 2.21 bits per heavy atom. The zero-order chi connectivity index (χ0) is 10.9. The maximum Gasteiger partial charge on any atom is 0.330 e. The van der Waals surface area contributed by atoms with Crippen molar-refractivity contribution in [3.63, 3.8) is 0 Å². The van der Waals surface area contributed by atoms with E-state index in [4.69, 9.17) is 0 Å². The second-order valence-corrected chi connectivity index (χ2v) is 2.83. The monoisotopic (exact) mass is 208 g/mol. The van der Waals surface area contributed by atoms with Crippen LogP contribution in [0.5, 0.6) is 0 Å². The molecule has 0 bridgehead atoms. The molecular weight excluding hydrogens is 201 g/mol. The van der Waals surface area contributed by atoms with Crippen LogP contribution < -0.4 is 0 Å². The highest BCUT2D eigenvalue weighted by molar-refractivity contribution is 5.97. The Hall–Kier alpha value is -1.33. The molecule has 0 saturated heterocycles. The van der Waals surface area contributed by atoms with Crippen molar-refractivity contribution in [2.75, 3.05) is 6.61 Å². The highest BCUT2D eigenvalue weighted by Gasteiger charge is 2.66. The fourth-order valence-corrected chi connectivity index (χ4v) is 1.06. The largest absolute Gasteiger partial charge is 0.462 e. The fraction of sp³-hybridized carbons (Fsp3) is 0.500. The number of esters is 1. The first-order valence-electron chi connectivity index (χ1n) is 3.76. The van der Waals surface area contributed by atoms with Crippen LogP contribution in [-0.2, 0) is 14.3 Å². The third kappa shape index (κ3) is 1.51. The number of ether oxygens (including phenoxy) is 1. The maximum atomic E-state index is 12.6. The molecule has 0 heterocycles. The number of rotatable bonds is 3. The molecule has 1 fully saturated rings. The highest BCUT2D eigenvalue weighted by Crippen LogP contribution is 2.42. The van der Waals surface area contributed by atoms with Gasteiger partial charge in [0.25, 0.3) is 0 Å². The van der Waals surface area contributed by atoms with E-state index in [0.29, 0.717) is 0 Å². The van der Waals surface area contributed by atoms with Crippen LogP contribution in [0.25, 0.3) is 0 Å². The first kappa shape index (κ1) is 10.7. The normalized spacial score (nSPS) is 29.2. The minimum Gasteiger partial charge on any atom is -0.462 e. The number of hydrogen-bond donors (Lipinski definition) is 0. The molecule has 0 aliphatic heterocycles. The van der Waals surface area contributed by atoms with Gasteiger partial charge in [-0.1, -0.05) is 6.58 Å². The standard InChI is InChI=1S/C8H7F3O3/c1-2-5(12)14-3-4-6(9)7(13)8(4,10)11/h2,4,6H,1,3H2. The third-order valence-electron chi connectivity index (χ3n) is 1.97. The van der Waals surface area contributed by atoms with Gasteiger partial charge in [-0.05, 0) is 0 Å². The van der Waals surface area contributed by atoms with Crippen LogP contribution in [0, 0.1) is 5.92 Å². The lowest BCUT2D eigenvalue weighted by Gasteiger charge is -2.36. The van der Waals surface area contributed by atoms with Crippen molar-refractivity contribution >= 4 is 11.8 Å². The van der Waals surface area contributed by atoms with Crippen LogP contribution in [0.1, 0.15) is 0 Å². The molecule has 3 nitrogen and oxygen atoms in total. The van der Waals surface area contributed by atoms with Crippen LogP contribution in [-0.4, -0.2) is 30.5 Å². The van der Waals surface area contributed by atoms with Gasteiger partial charge in [0.1, 0.15) is 12.5 Å². The summed E-state index contributed by atoms with van der Waals surface area (Å²) in [5.41, 5.74) is 0. The van der Waals surface area contributed by atoms with Crippen LogP contribution >= 0.6 is 0 Å². The quantitative estimate of drug-likeness (QED) is 0.511. The van der Waals surface area contributed by atoms with Gasteiger partial charge in [-0.3, -0.25) is 4.79 Å². The molecule has 0 aromatic carbocycles. The summed E-state index contributed by atoms with van der Waals surface area (Å²) in [5.74, 6) is -8.26. The lowest BCUT2D eigenvalue weighted by Crippen LogP contribution is -2.61. The molecule has 0 aromatic heterocycles. The molecular formula is C8H7F3O3. The Morgan fingerprint density at radius 3 is 2.64 bits per heavy atom. The van der Waals surface area contributed by atoms with E-state index in [1.54, 1.807) is 0 Å². The summed E-state index contributed by atoms with van der Waals surface area (Å²) in [5, 5.41) is 0. The van der Waals surface area contributed by atoms with E-state index in [0.717, 1.165) is 6.08 Å². The SMILES string of the molecule is C=CC(=O)OCC1C(F)C(=O)C1(F)F. The first-order valence-corrected chi connectivity index (χ1v) is 3.76. The van der Waals surface area contributed by atoms with Gasteiger partial charge in [-0.25, -0.2) is 9.18 Å². The predicted molar refractivity (Wildman–Crippen MR) is 39.5 cm³/mol. The molecule has 0 N–H and O–H groups in total. The number of hydrogen-bond acceptors (Lipinski definition) is 3. The van der Waals surface area contributed by atoms with Crippen LogP contribution in [0.3, 0.4) is 0 Å². The fourth-order valence-electron chi connectivity index (χ4n) is 1.06. The summed E-state index contributed by atoms with van der Waals surface area (Å²) >= 11 is 0. The molecule has 0 radical (unpaired) electrons. The molecule has 1 saturated carbocycles. The number of alkyl halides is 3. The van der Waals surface area contributed by atoms with Gasteiger partial charge in [0.15, 0.2) is 6.17 Å². The average Bonchev–Trinajstić information content (AvgIpc) is 2.16. The lowest BCUT2D eigenvalue weighted by atomic mass is 9.78. The molecule has 0 amide bonds. The Morgan fingerprint density at radius 1 is 1.64 bits per heavy atom. The van der Waals surface area contributed by atoms with E-state index in [1.165, 1.54) is 0 Å². The van der Waals surface area contributed by atoms with Crippen molar-refractivity contribution in [1.82, 2.24) is 0 Å². The number of halogens is 3. The van der Waals surface area contributed by atoms with Crippen molar-refractivity contribution < 1.29 is 27.5 Å². The van der Waals surface area contributed by atoms with Crippen molar-refractivity contribution in [1.29, 1.82) is 0 Å². The first-order chi connectivity index (χ1) is 6.41. The molecule has 2 atom stereocenters. The van der Waals surface area contributed by atoms with Crippen LogP contribution in [0.15, 0.2) is 12.7 Å². The second-order valence-electron chi connectivity index (χ2n) is 2.83. The minimum absolute atomic E-state index is 0.770. The molecule has 1 rings (SSSR count). The molecule has 78 valence electrons. The van der Waals surface area contributed by atoms with Gasteiger partial charge < -0.3 is 4.74 Å². The summed E-state index contributed by atoms with van der Waals surface area (Å²) in [4.78, 5) is 20.8. The van der Waals surface area contributed by atoms with E-state index in [-0.39, 0.29) is 0 Å². The van der Waals surface area contributed by atoms with Crippen molar-refractivity contribution in [2.24, 2.45) is 5.92 Å². The molecule has 1 aliphatic rings. The van der Waals surface area contributed by atoms with E-state index in [1.807, 2.05) is 0 Å². The maximum absolute atomic E-state index is 12.6. The van der Waals surface area contributed by atoms with E-state index >= 15 is 0 Å². The van der Waals surface area contributed by atoms with Crippen molar-refractivity contribution in [3.8, 4) is 0 Å². The number of Topliss-reactive ketones (excluding diaryl/α,β-unsaturated/α-hetero) is 1. The van der Waals surface area contributed by atoms with Crippen molar-refractivity contribution in [3.05, 3.63) is 12.7 Å². The third-order valence-corrected chi connectivity index (χ3v) is 1.97. The Labute approximate surface area is 77.5 Å². The summed E-state index contributed by atoms with van der Waals surface area (Å²) in [7, 11) is 0. The predicted octanol–water partition coefficient (Wildman–Crippen LogP) is 0.888. The van der Waals surface area contributed by atoms with Gasteiger partial charge >= 0.3 is 11.9 Å². The van der Waals surface area contributed by atoms with Gasteiger partial charge in [-0.2, -0.15) is 8.78 Å². The zero-order valence-electron chi connectivity index (χ0n) is 7.00. The van der Waals surface area contributed by atoms with Gasteiger partial charge in [-0.15, -0.1) is 0 Å². The minimum atomic E-state index is -3.72. The Balaban J connectivity index is 2.50. The molecule has 0 aromatic rings. The van der Waals surface area contributed by atoms with Crippen molar-refractivity contribution in [2.45, 2.75) is 12.1 Å². The smallest absolute Gasteiger partial charge is 0.330 e. The van der Waals surface area contributed by atoms with Gasteiger partial charge in [0, 0.05) is 6.08 Å². The Kier molecular flexibility index (Phi) is 2.64. The van der Waals surface area contributed by atoms with Crippen LogP contribution in [0.2, 0.25) is 0 Å². The summed E-state index contributed by atoms with van der Waals surface area (Å²) in [6.45, 7) is 2.22. The highest BCUT2D eigenvalue weighted by atomic mass is 19.3. The summed E-state index contributed by atoms with van der Waals surface area (Å²) in [6.07, 6.45) is -1.48. The average molecular weight is 208 g/mol. The zero-order valence-corrected chi connectivity index (χ0v) is 7.00. The lowest BCUT2D eigenvalue weighted by molar-refractivity contribution is -0.199. The van der Waals surface area contributed by atoms with Crippen LogP contribution in [0.4, 0.5) is 13.2 Å². The van der Waals surface area contributed by atoms with Gasteiger partial charge in [0.05, 0.1) is 0 Å². The second kappa shape index (κ2) is 3.43. The molecule has 0 spiro atoms. The number of carbonyl (C=O) groups is 2. The Bertz CT molecular complexity index is 288. The van der Waals surface area contributed by atoms with E-state index in [9.17, 15) is 22.8 Å².